The van der Waals surface area contributed by atoms with Crippen molar-refractivity contribution in [1.82, 2.24) is 4.98 Å². The molecule has 0 aliphatic carbocycles. The molecule has 1 heterocycles. The van der Waals surface area contributed by atoms with Crippen LogP contribution in [0.1, 0.15) is 36.3 Å². The molecule has 0 radical (unpaired) electrons. The Labute approximate surface area is 88.9 Å². The highest BCUT2D eigenvalue weighted by molar-refractivity contribution is 5.90. The molecule has 1 N–H and O–H groups in total. The molecule has 82 valence electrons. The zero-order chi connectivity index (χ0) is 11.4. The van der Waals surface area contributed by atoms with E-state index in [9.17, 15) is 4.79 Å². The smallest absolute Gasteiger partial charge is 0.341 e. The summed E-state index contributed by atoms with van der Waals surface area (Å²) in [6, 6.07) is 3.18. The maximum atomic E-state index is 10.9. The van der Waals surface area contributed by atoms with Gasteiger partial charge in [-0.1, -0.05) is 6.92 Å². The van der Waals surface area contributed by atoms with Crippen LogP contribution < -0.4 is 4.74 Å². The van der Waals surface area contributed by atoms with Crippen LogP contribution in [0.5, 0.6) is 5.88 Å². The van der Waals surface area contributed by atoms with Crippen LogP contribution in [-0.4, -0.2) is 22.2 Å². The Balaban J connectivity index is 3.02. The van der Waals surface area contributed by atoms with E-state index in [2.05, 4.69) is 4.98 Å². The van der Waals surface area contributed by atoms with Crippen molar-refractivity contribution in [2.24, 2.45) is 0 Å². The highest BCUT2D eigenvalue weighted by atomic mass is 16.5. The number of hydrogen-bond donors (Lipinski definition) is 1. The number of nitrogens with zero attached hydrogens (tertiary/aromatic N) is 1. The number of aryl methyl sites for hydroxylation is 1. The molecular formula is C11H15NO3. The van der Waals surface area contributed by atoms with E-state index in [4.69, 9.17) is 9.84 Å². The van der Waals surface area contributed by atoms with E-state index < -0.39 is 5.97 Å². The minimum Gasteiger partial charge on any atom is -0.477 e. The quantitative estimate of drug-likeness (QED) is 0.826. The SMILES string of the molecule is CCC(C)Oc1nc(C)ccc1C(=O)O. The second-order valence-corrected chi connectivity index (χ2v) is 3.45. The van der Waals surface area contributed by atoms with Crippen molar-refractivity contribution in [3.63, 3.8) is 0 Å². The molecule has 0 aliphatic rings. The van der Waals surface area contributed by atoms with Crippen molar-refractivity contribution in [2.75, 3.05) is 0 Å². The van der Waals surface area contributed by atoms with E-state index in [1.165, 1.54) is 6.07 Å². The Morgan fingerprint density at radius 2 is 2.27 bits per heavy atom. The normalized spacial score (nSPS) is 12.2. The lowest BCUT2D eigenvalue weighted by atomic mass is 10.2. The molecule has 0 amide bonds. The average molecular weight is 209 g/mol. The molecule has 0 fully saturated rings. The van der Waals surface area contributed by atoms with Crippen LogP contribution in [0.25, 0.3) is 0 Å². The number of hydrogen-bond acceptors (Lipinski definition) is 3. The molecule has 1 unspecified atom stereocenters. The van der Waals surface area contributed by atoms with Crippen molar-refractivity contribution in [3.05, 3.63) is 23.4 Å². The van der Waals surface area contributed by atoms with E-state index in [-0.39, 0.29) is 17.5 Å². The topological polar surface area (TPSA) is 59.4 Å². The van der Waals surface area contributed by atoms with E-state index in [1.54, 1.807) is 13.0 Å². The molecule has 4 nitrogen and oxygen atoms in total. The van der Waals surface area contributed by atoms with Gasteiger partial charge in [0.05, 0.1) is 6.10 Å². The molecule has 1 aromatic rings. The molecule has 0 aliphatic heterocycles. The van der Waals surface area contributed by atoms with Gasteiger partial charge in [0.15, 0.2) is 0 Å². The fourth-order valence-electron chi connectivity index (χ4n) is 1.06. The summed E-state index contributed by atoms with van der Waals surface area (Å²) in [4.78, 5) is 15.0. The third-order valence-corrected chi connectivity index (χ3v) is 2.12. The molecule has 1 rings (SSSR count). The summed E-state index contributed by atoms with van der Waals surface area (Å²) < 4.78 is 5.44. The van der Waals surface area contributed by atoms with Gasteiger partial charge in [-0.15, -0.1) is 0 Å². The summed E-state index contributed by atoms with van der Waals surface area (Å²) in [5.74, 6) is -0.808. The molecule has 0 aromatic carbocycles. The van der Waals surface area contributed by atoms with Crippen molar-refractivity contribution in [2.45, 2.75) is 33.3 Å². The van der Waals surface area contributed by atoms with Crippen LogP contribution in [0.4, 0.5) is 0 Å². The first kappa shape index (κ1) is 11.5. The summed E-state index contributed by atoms with van der Waals surface area (Å²) in [6.07, 6.45) is 0.784. The highest BCUT2D eigenvalue weighted by Gasteiger charge is 2.14. The molecule has 1 aromatic heterocycles. The Hall–Kier alpha value is -1.58. The van der Waals surface area contributed by atoms with Crippen LogP contribution in [0.3, 0.4) is 0 Å². The first-order valence-corrected chi connectivity index (χ1v) is 4.92. The van der Waals surface area contributed by atoms with E-state index in [0.717, 1.165) is 12.1 Å². The van der Waals surface area contributed by atoms with Crippen LogP contribution in [0.15, 0.2) is 12.1 Å². The standard InChI is InChI=1S/C11H15NO3/c1-4-8(3)15-10-9(11(13)14)6-5-7(2)12-10/h5-6,8H,4H2,1-3H3,(H,13,14). The zero-order valence-electron chi connectivity index (χ0n) is 9.15. The number of aromatic carboxylic acids is 1. The van der Waals surface area contributed by atoms with Gasteiger partial charge in [-0.25, -0.2) is 9.78 Å². The number of ether oxygens (including phenoxy) is 1. The highest BCUT2D eigenvalue weighted by Crippen LogP contribution is 2.18. The minimum atomic E-state index is -1.01. The van der Waals surface area contributed by atoms with Gasteiger partial charge >= 0.3 is 5.97 Å². The largest absolute Gasteiger partial charge is 0.477 e. The van der Waals surface area contributed by atoms with Gasteiger partial charge in [0, 0.05) is 5.69 Å². The number of aromatic nitrogens is 1. The number of carboxylic acids is 1. The monoisotopic (exact) mass is 209 g/mol. The van der Waals surface area contributed by atoms with Crippen molar-refractivity contribution in [3.8, 4) is 5.88 Å². The van der Waals surface area contributed by atoms with Gasteiger partial charge in [-0.2, -0.15) is 0 Å². The lowest BCUT2D eigenvalue weighted by Crippen LogP contribution is -2.14. The van der Waals surface area contributed by atoms with E-state index in [0.29, 0.717) is 0 Å². The van der Waals surface area contributed by atoms with Crippen LogP contribution in [0.2, 0.25) is 0 Å². The third kappa shape index (κ3) is 2.94. The number of pyridine rings is 1. The van der Waals surface area contributed by atoms with Gasteiger partial charge in [0.25, 0.3) is 0 Å². The third-order valence-electron chi connectivity index (χ3n) is 2.12. The summed E-state index contributed by atoms with van der Waals surface area (Å²) in [7, 11) is 0. The van der Waals surface area contributed by atoms with Gasteiger partial charge < -0.3 is 9.84 Å². The molecule has 0 bridgehead atoms. The maximum Gasteiger partial charge on any atom is 0.341 e. The van der Waals surface area contributed by atoms with Gasteiger partial charge in [-0.3, -0.25) is 0 Å². The molecule has 0 saturated heterocycles. The maximum absolute atomic E-state index is 10.9. The number of rotatable bonds is 4. The molecule has 0 saturated carbocycles. The van der Waals surface area contributed by atoms with Crippen molar-refractivity contribution < 1.29 is 14.6 Å². The lowest BCUT2D eigenvalue weighted by molar-refractivity contribution is 0.0688. The fraction of sp³-hybridized carbons (Fsp3) is 0.455. The number of carbonyl (C=O) groups is 1. The van der Waals surface area contributed by atoms with E-state index in [1.807, 2.05) is 13.8 Å². The van der Waals surface area contributed by atoms with Crippen molar-refractivity contribution in [1.29, 1.82) is 0 Å². The first-order chi connectivity index (χ1) is 7.04. The molecule has 0 spiro atoms. The predicted molar refractivity (Wildman–Crippen MR) is 56.3 cm³/mol. The summed E-state index contributed by atoms with van der Waals surface area (Å²) >= 11 is 0. The summed E-state index contributed by atoms with van der Waals surface area (Å²) in [6.45, 7) is 5.66. The molecule has 15 heavy (non-hydrogen) atoms. The van der Waals surface area contributed by atoms with Crippen molar-refractivity contribution >= 4 is 5.97 Å². The molecular weight excluding hydrogens is 194 g/mol. The minimum absolute atomic E-state index is 0.0302. The summed E-state index contributed by atoms with van der Waals surface area (Å²) in [5, 5.41) is 8.92. The summed E-state index contributed by atoms with van der Waals surface area (Å²) in [5.41, 5.74) is 0.860. The Kier molecular flexibility index (Phi) is 3.66. The van der Waals surface area contributed by atoms with Crippen LogP contribution in [0, 0.1) is 6.92 Å². The van der Waals surface area contributed by atoms with Gasteiger partial charge in [0.1, 0.15) is 5.56 Å². The first-order valence-electron chi connectivity index (χ1n) is 4.92. The fourth-order valence-corrected chi connectivity index (χ4v) is 1.06. The Morgan fingerprint density at radius 3 is 2.80 bits per heavy atom. The average Bonchev–Trinajstić information content (AvgIpc) is 2.17. The van der Waals surface area contributed by atoms with Crippen LogP contribution >= 0.6 is 0 Å². The van der Waals surface area contributed by atoms with E-state index >= 15 is 0 Å². The second kappa shape index (κ2) is 4.77. The zero-order valence-corrected chi connectivity index (χ0v) is 9.15. The Bertz CT molecular complexity index is 363. The van der Waals surface area contributed by atoms with Gasteiger partial charge in [0.2, 0.25) is 5.88 Å². The predicted octanol–water partition coefficient (Wildman–Crippen LogP) is 2.27. The lowest BCUT2D eigenvalue weighted by Gasteiger charge is -2.13. The number of carboxylic acid groups (broad SMARTS) is 1. The Morgan fingerprint density at radius 1 is 1.60 bits per heavy atom. The van der Waals surface area contributed by atoms with Crippen LogP contribution in [-0.2, 0) is 0 Å². The molecule has 1 atom stereocenters. The molecule has 4 heteroatoms. The van der Waals surface area contributed by atoms with Gasteiger partial charge in [-0.05, 0) is 32.4 Å². The second-order valence-electron chi connectivity index (χ2n) is 3.45.